The molecule has 0 aliphatic carbocycles. The Hall–Kier alpha value is -2.25. The molecule has 0 bridgehead atoms. The second kappa shape index (κ2) is 8.91. The zero-order valence-corrected chi connectivity index (χ0v) is 15.7. The maximum Gasteiger partial charge on any atom is 0.317 e. The minimum absolute atomic E-state index is 0.0404. The normalized spacial score (nSPS) is 15.1. The average molecular weight is 378 g/mol. The molecule has 2 amide bonds. The second-order valence-corrected chi connectivity index (χ2v) is 6.69. The third-order valence-corrected chi connectivity index (χ3v) is 4.66. The topological polar surface area (TPSA) is 62.6 Å². The number of nitrogens with zero attached hydrogens (tertiary/aromatic N) is 4. The fourth-order valence-corrected chi connectivity index (χ4v) is 2.95. The van der Waals surface area contributed by atoms with Gasteiger partial charge in [0.15, 0.2) is 0 Å². The Morgan fingerprint density at radius 2 is 1.96 bits per heavy atom. The van der Waals surface area contributed by atoms with Gasteiger partial charge >= 0.3 is 6.03 Å². The van der Waals surface area contributed by atoms with Crippen molar-refractivity contribution in [3.63, 3.8) is 0 Å². The van der Waals surface area contributed by atoms with Crippen LogP contribution in [0, 0.1) is 0 Å². The molecule has 1 aromatic carbocycles. The standard InChI is InChI=1S/C18H24ClN5O2/c1-22-8-6-20-17(22)14-23-9-11-24(12-10-23)18(25)21-7-13-26-16-4-2-15(19)3-5-16/h2-6,8H,7,9-14H2,1H3,(H,21,25). The molecule has 26 heavy (non-hydrogen) atoms. The van der Waals surface area contributed by atoms with Crippen LogP contribution in [0.3, 0.4) is 0 Å². The number of hydrogen-bond acceptors (Lipinski definition) is 4. The molecule has 1 aliphatic heterocycles. The molecule has 1 aromatic heterocycles. The van der Waals surface area contributed by atoms with Crippen molar-refractivity contribution in [2.24, 2.45) is 7.05 Å². The van der Waals surface area contributed by atoms with E-state index in [9.17, 15) is 4.79 Å². The van der Waals surface area contributed by atoms with Crippen LogP contribution in [0.25, 0.3) is 0 Å². The van der Waals surface area contributed by atoms with Crippen LogP contribution < -0.4 is 10.1 Å². The summed E-state index contributed by atoms with van der Waals surface area (Å²) >= 11 is 5.83. The first-order chi connectivity index (χ1) is 12.6. The highest BCUT2D eigenvalue weighted by Crippen LogP contribution is 2.15. The number of amides is 2. The summed E-state index contributed by atoms with van der Waals surface area (Å²) in [6, 6.07) is 7.14. The fraction of sp³-hybridized carbons (Fsp3) is 0.444. The lowest BCUT2D eigenvalue weighted by atomic mass is 10.3. The van der Waals surface area contributed by atoms with E-state index in [1.165, 1.54) is 0 Å². The number of halogens is 1. The SMILES string of the molecule is Cn1ccnc1CN1CCN(C(=O)NCCOc2ccc(Cl)cc2)CC1. The summed E-state index contributed by atoms with van der Waals surface area (Å²) in [5.41, 5.74) is 0. The summed E-state index contributed by atoms with van der Waals surface area (Å²) in [6.45, 7) is 4.83. The monoisotopic (exact) mass is 377 g/mol. The van der Waals surface area contributed by atoms with Gasteiger partial charge in [-0.1, -0.05) is 11.6 Å². The first-order valence-electron chi connectivity index (χ1n) is 8.71. The molecule has 0 unspecified atom stereocenters. The van der Waals surface area contributed by atoms with Crippen molar-refractivity contribution >= 4 is 17.6 Å². The predicted molar refractivity (Wildman–Crippen MR) is 100 cm³/mol. The van der Waals surface area contributed by atoms with E-state index in [4.69, 9.17) is 16.3 Å². The number of aromatic nitrogens is 2. The zero-order chi connectivity index (χ0) is 18.4. The van der Waals surface area contributed by atoms with Gasteiger partial charge in [-0.25, -0.2) is 9.78 Å². The molecule has 2 heterocycles. The van der Waals surface area contributed by atoms with Crippen LogP contribution in [0.5, 0.6) is 5.75 Å². The summed E-state index contributed by atoms with van der Waals surface area (Å²) < 4.78 is 7.60. The van der Waals surface area contributed by atoms with Gasteiger partial charge in [-0.15, -0.1) is 0 Å². The highest BCUT2D eigenvalue weighted by atomic mass is 35.5. The van der Waals surface area contributed by atoms with Gasteiger partial charge in [0.25, 0.3) is 0 Å². The third-order valence-electron chi connectivity index (χ3n) is 4.41. The Labute approximate surface area is 158 Å². The van der Waals surface area contributed by atoms with E-state index in [1.54, 1.807) is 12.1 Å². The highest BCUT2D eigenvalue weighted by Gasteiger charge is 2.21. The van der Waals surface area contributed by atoms with Gasteiger partial charge in [-0.3, -0.25) is 4.90 Å². The Kier molecular flexibility index (Phi) is 6.35. The number of benzene rings is 1. The Morgan fingerprint density at radius 1 is 1.23 bits per heavy atom. The number of aryl methyl sites for hydroxylation is 1. The maximum atomic E-state index is 12.2. The van der Waals surface area contributed by atoms with Gasteiger partial charge in [-0.05, 0) is 24.3 Å². The van der Waals surface area contributed by atoms with E-state index < -0.39 is 0 Å². The summed E-state index contributed by atoms with van der Waals surface area (Å²) in [5.74, 6) is 1.79. The minimum Gasteiger partial charge on any atom is -0.492 e. The number of hydrogen-bond donors (Lipinski definition) is 1. The summed E-state index contributed by atoms with van der Waals surface area (Å²) in [6.07, 6.45) is 3.76. The van der Waals surface area contributed by atoms with E-state index in [-0.39, 0.29) is 6.03 Å². The number of ether oxygens (including phenoxy) is 1. The minimum atomic E-state index is -0.0404. The smallest absolute Gasteiger partial charge is 0.317 e. The lowest BCUT2D eigenvalue weighted by Crippen LogP contribution is -2.52. The lowest BCUT2D eigenvalue weighted by molar-refractivity contribution is 0.132. The molecule has 0 radical (unpaired) electrons. The number of urea groups is 1. The van der Waals surface area contributed by atoms with Crippen molar-refractivity contribution in [1.82, 2.24) is 24.7 Å². The Balaban J connectivity index is 1.33. The van der Waals surface area contributed by atoms with Gasteiger partial charge in [-0.2, -0.15) is 0 Å². The van der Waals surface area contributed by atoms with Gasteiger partial charge in [0, 0.05) is 50.6 Å². The van der Waals surface area contributed by atoms with E-state index in [0.717, 1.165) is 31.2 Å². The van der Waals surface area contributed by atoms with Crippen molar-refractivity contribution in [2.75, 3.05) is 39.3 Å². The molecule has 1 N–H and O–H groups in total. The second-order valence-electron chi connectivity index (χ2n) is 6.25. The molecule has 1 fully saturated rings. The Bertz CT molecular complexity index is 711. The van der Waals surface area contributed by atoms with Gasteiger partial charge in [0.1, 0.15) is 18.2 Å². The summed E-state index contributed by atoms with van der Waals surface area (Å²) in [4.78, 5) is 20.7. The number of nitrogens with one attached hydrogen (secondary N) is 1. The quantitative estimate of drug-likeness (QED) is 0.782. The lowest BCUT2D eigenvalue weighted by Gasteiger charge is -2.34. The van der Waals surface area contributed by atoms with Gasteiger partial charge < -0.3 is 19.5 Å². The number of rotatable bonds is 6. The van der Waals surface area contributed by atoms with E-state index in [1.807, 2.05) is 41.0 Å². The van der Waals surface area contributed by atoms with Crippen LogP contribution in [0.2, 0.25) is 5.02 Å². The molecule has 0 saturated carbocycles. The van der Waals surface area contributed by atoms with E-state index >= 15 is 0 Å². The largest absolute Gasteiger partial charge is 0.492 e. The third kappa shape index (κ3) is 5.12. The number of carbonyl (C=O) groups excluding carboxylic acids is 1. The van der Waals surface area contributed by atoms with Crippen LogP contribution in [-0.4, -0.2) is 64.7 Å². The molecule has 2 aromatic rings. The molecule has 0 spiro atoms. The van der Waals surface area contributed by atoms with Crippen LogP contribution in [-0.2, 0) is 13.6 Å². The first kappa shape index (κ1) is 18.5. The van der Waals surface area contributed by atoms with Crippen LogP contribution in [0.1, 0.15) is 5.82 Å². The summed E-state index contributed by atoms with van der Waals surface area (Å²) in [7, 11) is 2.00. The number of carbonyl (C=O) groups is 1. The van der Waals surface area contributed by atoms with Crippen molar-refractivity contribution < 1.29 is 9.53 Å². The molecule has 1 saturated heterocycles. The van der Waals surface area contributed by atoms with E-state index in [0.29, 0.717) is 31.3 Å². The molecule has 7 nitrogen and oxygen atoms in total. The van der Waals surface area contributed by atoms with Crippen molar-refractivity contribution in [2.45, 2.75) is 6.54 Å². The van der Waals surface area contributed by atoms with Crippen molar-refractivity contribution in [1.29, 1.82) is 0 Å². The fourth-order valence-electron chi connectivity index (χ4n) is 2.83. The van der Waals surface area contributed by atoms with E-state index in [2.05, 4.69) is 15.2 Å². The molecule has 3 rings (SSSR count). The maximum absolute atomic E-state index is 12.2. The van der Waals surface area contributed by atoms with Crippen molar-refractivity contribution in [3.05, 3.63) is 47.5 Å². The van der Waals surface area contributed by atoms with Gasteiger partial charge in [0.05, 0.1) is 13.1 Å². The molecule has 0 atom stereocenters. The molecular weight excluding hydrogens is 354 g/mol. The highest BCUT2D eigenvalue weighted by molar-refractivity contribution is 6.30. The van der Waals surface area contributed by atoms with Crippen LogP contribution >= 0.6 is 11.6 Å². The molecular formula is C18H24ClN5O2. The molecule has 1 aliphatic rings. The Morgan fingerprint density at radius 3 is 2.62 bits per heavy atom. The first-order valence-corrected chi connectivity index (χ1v) is 9.09. The molecule has 140 valence electrons. The zero-order valence-electron chi connectivity index (χ0n) is 14.9. The van der Waals surface area contributed by atoms with Crippen LogP contribution in [0.15, 0.2) is 36.7 Å². The molecule has 8 heteroatoms. The number of imidazole rings is 1. The summed E-state index contributed by atoms with van der Waals surface area (Å²) in [5, 5.41) is 3.58. The predicted octanol–water partition coefficient (Wildman–Crippen LogP) is 1.98. The average Bonchev–Trinajstić information content (AvgIpc) is 3.05. The van der Waals surface area contributed by atoms with Crippen molar-refractivity contribution in [3.8, 4) is 5.75 Å². The number of piperazine rings is 1. The van der Waals surface area contributed by atoms with Crippen LogP contribution in [0.4, 0.5) is 4.79 Å². The van der Waals surface area contributed by atoms with Gasteiger partial charge in [0.2, 0.25) is 0 Å².